The summed E-state index contributed by atoms with van der Waals surface area (Å²) in [5.74, 6) is 5.70. The topological polar surface area (TPSA) is 50.4 Å². The number of thioether (sulfide) groups is 1. The minimum atomic E-state index is -0.853. The smallest absolute Gasteiger partial charge is 0.167 e. The van der Waals surface area contributed by atoms with Crippen molar-refractivity contribution < 1.29 is 27.1 Å². The molecule has 0 aliphatic carbocycles. The minimum absolute atomic E-state index is 0.162. The number of aromatic nitrogens is 2. The zero-order valence-corrected chi connectivity index (χ0v) is 24.6. The number of hydrogen-bond acceptors (Lipinski definition) is 5. The number of halogens is 3. The molecule has 0 radical (unpaired) electrons. The highest BCUT2D eigenvalue weighted by atomic mass is 32.2. The molecule has 0 fully saturated rings. The van der Waals surface area contributed by atoms with Gasteiger partial charge in [0.1, 0.15) is 29.8 Å². The fourth-order valence-corrected chi connectivity index (χ4v) is 5.16. The quantitative estimate of drug-likeness (QED) is 0.138. The van der Waals surface area contributed by atoms with Crippen molar-refractivity contribution in [1.82, 2.24) is 9.97 Å². The highest BCUT2D eigenvalue weighted by Crippen LogP contribution is 2.42. The van der Waals surface area contributed by atoms with Crippen molar-refractivity contribution in [3.63, 3.8) is 0 Å². The second-order valence-corrected chi connectivity index (χ2v) is 11.4. The number of aromatic amines is 1. The number of imidazole rings is 1. The monoisotopic (exact) mass is 581 g/mol. The predicted molar refractivity (Wildman–Crippen MR) is 156 cm³/mol. The maximum absolute atomic E-state index is 15.5. The first-order chi connectivity index (χ1) is 19.5. The van der Waals surface area contributed by atoms with Gasteiger partial charge >= 0.3 is 0 Å². The zero-order chi connectivity index (χ0) is 29.7. The van der Waals surface area contributed by atoms with Crippen LogP contribution in [-0.4, -0.2) is 63.4 Å². The molecule has 3 aromatic carbocycles. The SMILES string of the molecule is COc1ccc(N(C)c2cnc(SC(c3ccc(F)cc3)c3c(F)cc(C#CC[N+](C)(C)C)cc3F)[nH]2)cc1OC. The van der Waals surface area contributed by atoms with Gasteiger partial charge in [-0.3, -0.25) is 0 Å². The fourth-order valence-electron chi connectivity index (χ4n) is 4.03. The number of hydrogen-bond donors (Lipinski definition) is 1. The van der Waals surface area contributed by atoms with Crippen LogP contribution in [0, 0.1) is 29.3 Å². The Morgan fingerprint density at radius 3 is 2.22 bits per heavy atom. The van der Waals surface area contributed by atoms with Crippen LogP contribution in [0.3, 0.4) is 0 Å². The van der Waals surface area contributed by atoms with Gasteiger partial charge in [-0.15, -0.1) is 0 Å². The lowest BCUT2D eigenvalue weighted by Gasteiger charge is -2.20. The highest BCUT2D eigenvalue weighted by Gasteiger charge is 2.26. The Morgan fingerprint density at radius 2 is 1.61 bits per heavy atom. The van der Waals surface area contributed by atoms with Gasteiger partial charge in [0.25, 0.3) is 0 Å². The largest absolute Gasteiger partial charge is 0.493 e. The highest BCUT2D eigenvalue weighted by molar-refractivity contribution is 7.99. The molecule has 1 aromatic heterocycles. The van der Waals surface area contributed by atoms with Crippen molar-refractivity contribution in [1.29, 1.82) is 0 Å². The van der Waals surface area contributed by atoms with E-state index in [4.69, 9.17) is 9.47 Å². The molecule has 41 heavy (non-hydrogen) atoms. The van der Waals surface area contributed by atoms with E-state index in [1.807, 2.05) is 45.2 Å². The number of benzene rings is 3. The van der Waals surface area contributed by atoms with E-state index in [1.54, 1.807) is 26.5 Å². The second-order valence-electron chi connectivity index (χ2n) is 10.3. The van der Waals surface area contributed by atoms with Crippen molar-refractivity contribution in [3.8, 4) is 23.3 Å². The summed E-state index contributed by atoms with van der Waals surface area (Å²) < 4.78 is 56.1. The van der Waals surface area contributed by atoms with E-state index in [2.05, 4.69) is 21.8 Å². The summed E-state index contributed by atoms with van der Waals surface area (Å²) >= 11 is 1.12. The Balaban J connectivity index is 1.66. The van der Waals surface area contributed by atoms with Crippen LogP contribution in [0.25, 0.3) is 0 Å². The molecule has 1 atom stereocenters. The summed E-state index contributed by atoms with van der Waals surface area (Å²) in [6, 6.07) is 13.5. The molecule has 0 saturated heterocycles. The second kappa shape index (κ2) is 12.6. The van der Waals surface area contributed by atoms with Crippen molar-refractivity contribution in [2.75, 3.05) is 53.9 Å². The summed E-state index contributed by atoms with van der Waals surface area (Å²) in [6.45, 7) is 0.525. The molecule has 0 aliphatic heterocycles. The van der Waals surface area contributed by atoms with Crippen LogP contribution < -0.4 is 14.4 Å². The van der Waals surface area contributed by atoms with E-state index >= 15 is 8.78 Å². The standard InChI is InChI=1S/C31H32F3N4O2S/c1-37(23-13-14-26(39-5)27(18-23)40-6)28-19-35-31(36-28)41-30(21-9-11-22(32)12-10-21)29-24(33)16-20(17-25(29)34)8-7-15-38(2,3)4/h9-14,16-19,30H,15H2,1-6H3,(H,35,36)/q+1. The molecule has 4 aromatic rings. The molecule has 0 saturated carbocycles. The molecule has 1 heterocycles. The van der Waals surface area contributed by atoms with E-state index in [9.17, 15) is 4.39 Å². The van der Waals surface area contributed by atoms with E-state index in [-0.39, 0.29) is 11.1 Å². The van der Waals surface area contributed by atoms with Crippen LogP contribution in [0.1, 0.15) is 21.9 Å². The number of H-pyrrole nitrogens is 1. The third kappa shape index (κ3) is 7.37. The van der Waals surface area contributed by atoms with E-state index < -0.39 is 22.7 Å². The number of nitrogens with one attached hydrogen (secondary N) is 1. The Labute approximate surface area is 242 Å². The molecule has 1 unspecified atom stereocenters. The van der Waals surface area contributed by atoms with Crippen molar-refractivity contribution in [2.24, 2.45) is 0 Å². The maximum atomic E-state index is 15.5. The fraction of sp³-hybridized carbons (Fsp3) is 0.258. The van der Waals surface area contributed by atoms with Gasteiger partial charge in [0, 0.05) is 29.9 Å². The zero-order valence-electron chi connectivity index (χ0n) is 23.8. The molecule has 4 rings (SSSR count). The first-order valence-electron chi connectivity index (χ1n) is 12.7. The summed E-state index contributed by atoms with van der Waals surface area (Å²) in [5.41, 5.74) is 1.41. The lowest BCUT2D eigenvalue weighted by atomic mass is 10.0. The van der Waals surface area contributed by atoms with Gasteiger partial charge in [0.2, 0.25) is 0 Å². The Kier molecular flexibility index (Phi) is 9.21. The molecule has 6 nitrogen and oxygen atoms in total. The van der Waals surface area contributed by atoms with Crippen molar-refractivity contribution >= 4 is 23.3 Å². The molecular weight excluding hydrogens is 549 g/mol. The number of ether oxygens (including phenoxy) is 2. The van der Waals surface area contributed by atoms with Gasteiger partial charge < -0.3 is 23.8 Å². The molecule has 0 bridgehead atoms. The third-order valence-electron chi connectivity index (χ3n) is 6.18. The average Bonchev–Trinajstić information content (AvgIpc) is 3.39. The third-order valence-corrected chi connectivity index (χ3v) is 7.36. The van der Waals surface area contributed by atoms with Gasteiger partial charge in [0.05, 0.1) is 46.8 Å². The molecule has 214 valence electrons. The Hall–Kier alpha value is -4.07. The van der Waals surface area contributed by atoms with Crippen LogP contribution in [0.15, 0.2) is 66.0 Å². The van der Waals surface area contributed by atoms with Crippen LogP contribution >= 0.6 is 11.8 Å². The van der Waals surface area contributed by atoms with Crippen LogP contribution in [0.5, 0.6) is 11.5 Å². The lowest BCUT2D eigenvalue weighted by Crippen LogP contribution is -2.34. The predicted octanol–water partition coefficient (Wildman–Crippen LogP) is 6.55. The molecular formula is C31H32F3N4O2S+. The molecule has 0 aliphatic rings. The van der Waals surface area contributed by atoms with Gasteiger partial charge in [-0.1, -0.05) is 29.8 Å². The average molecular weight is 582 g/mol. The van der Waals surface area contributed by atoms with Crippen molar-refractivity contribution in [2.45, 2.75) is 10.4 Å². The maximum Gasteiger partial charge on any atom is 0.167 e. The summed E-state index contributed by atoms with van der Waals surface area (Å²) in [4.78, 5) is 9.53. The number of quaternary nitrogens is 1. The summed E-state index contributed by atoms with van der Waals surface area (Å²) in [7, 11) is 10.9. The first-order valence-corrected chi connectivity index (χ1v) is 13.6. The Bertz CT molecular complexity index is 1550. The van der Waals surface area contributed by atoms with Crippen LogP contribution in [0.2, 0.25) is 0 Å². The molecule has 0 spiro atoms. The van der Waals surface area contributed by atoms with E-state index in [0.29, 0.717) is 39.1 Å². The van der Waals surface area contributed by atoms with E-state index in [1.165, 1.54) is 36.4 Å². The Morgan fingerprint density at radius 1 is 0.951 bits per heavy atom. The number of anilines is 2. The number of rotatable bonds is 9. The van der Waals surface area contributed by atoms with Gasteiger partial charge in [-0.05, 0) is 47.9 Å². The lowest BCUT2D eigenvalue weighted by molar-refractivity contribution is -0.862. The van der Waals surface area contributed by atoms with Gasteiger partial charge in [-0.25, -0.2) is 18.2 Å². The molecule has 1 N–H and O–H groups in total. The van der Waals surface area contributed by atoms with E-state index in [0.717, 1.165) is 17.4 Å². The summed E-state index contributed by atoms with van der Waals surface area (Å²) in [5, 5.41) is -0.429. The summed E-state index contributed by atoms with van der Waals surface area (Å²) in [6.07, 6.45) is 1.62. The van der Waals surface area contributed by atoms with Crippen molar-refractivity contribution in [3.05, 3.63) is 94.9 Å². The van der Waals surface area contributed by atoms with Crippen LogP contribution in [0.4, 0.5) is 24.7 Å². The number of nitrogens with zero attached hydrogens (tertiary/aromatic N) is 3. The van der Waals surface area contributed by atoms with Gasteiger partial charge in [-0.2, -0.15) is 0 Å². The van der Waals surface area contributed by atoms with Gasteiger partial charge in [0.15, 0.2) is 16.7 Å². The first kappa shape index (κ1) is 29.9. The van der Waals surface area contributed by atoms with Crippen LogP contribution in [-0.2, 0) is 0 Å². The molecule has 0 amide bonds. The number of methoxy groups -OCH3 is 2. The normalized spacial score (nSPS) is 11.9. The minimum Gasteiger partial charge on any atom is -0.493 e. The molecule has 10 heteroatoms.